The fourth-order valence-corrected chi connectivity index (χ4v) is 2.77. The summed E-state index contributed by atoms with van der Waals surface area (Å²) in [7, 11) is 0. The van der Waals surface area contributed by atoms with Gasteiger partial charge in [-0.1, -0.05) is 13.8 Å². The minimum atomic E-state index is -0.226. The number of ether oxygens (including phenoxy) is 2. The molecule has 3 rings (SSSR count). The molecule has 3 heterocycles. The van der Waals surface area contributed by atoms with Crippen molar-refractivity contribution in [3.8, 4) is 5.88 Å². The van der Waals surface area contributed by atoms with E-state index >= 15 is 0 Å². The van der Waals surface area contributed by atoms with Gasteiger partial charge in [0.05, 0.1) is 25.6 Å². The molecule has 22 heavy (non-hydrogen) atoms. The maximum Gasteiger partial charge on any atom is 0.247 e. The van der Waals surface area contributed by atoms with E-state index in [0.717, 1.165) is 12.8 Å². The van der Waals surface area contributed by atoms with Gasteiger partial charge in [-0.25, -0.2) is 4.98 Å². The number of nitrogens with zero attached hydrogens (tertiary/aromatic N) is 4. The average molecular weight is 307 g/mol. The second kappa shape index (κ2) is 6.05. The molecule has 2 aromatic rings. The van der Waals surface area contributed by atoms with Crippen LogP contribution in [0.4, 0.5) is 5.95 Å². The molecule has 0 aliphatic carbocycles. The Hall–Kier alpha value is -1.93. The van der Waals surface area contributed by atoms with Gasteiger partial charge in [0, 0.05) is 5.92 Å². The van der Waals surface area contributed by atoms with Crippen LogP contribution >= 0.6 is 0 Å². The Kier molecular flexibility index (Phi) is 4.12. The highest BCUT2D eigenvalue weighted by molar-refractivity contribution is 5.77. The summed E-state index contributed by atoms with van der Waals surface area (Å²) in [6, 6.07) is 0. The topological polar surface area (TPSA) is 108 Å². The predicted octanol–water partition coefficient (Wildman–Crippen LogP) is 1.11. The molecule has 1 aliphatic rings. The summed E-state index contributed by atoms with van der Waals surface area (Å²) >= 11 is 0. The summed E-state index contributed by atoms with van der Waals surface area (Å²) in [5.41, 5.74) is 6.95. The highest BCUT2D eigenvalue weighted by atomic mass is 16.5. The number of aliphatic hydroxyl groups is 1. The Morgan fingerprint density at radius 1 is 1.50 bits per heavy atom. The first-order valence-corrected chi connectivity index (χ1v) is 7.53. The molecule has 3 atom stereocenters. The molecule has 3 unspecified atom stereocenters. The molecule has 0 radical (unpaired) electrons. The van der Waals surface area contributed by atoms with Gasteiger partial charge in [0.15, 0.2) is 11.2 Å². The van der Waals surface area contributed by atoms with Crippen LogP contribution in [0.3, 0.4) is 0 Å². The van der Waals surface area contributed by atoms with Crippen LogP contribution in [-0.2, 0) is 4.74 Å². The zero-order chi connectivity index (χ0) is 15.7. The summed E-state index contributed by atoms with van der Waals surface area (Å²) in [5, 5.41) is 9.28. The molecule has 8 nitrogen and oxygen atoms in total. The van der Waals surface area contributed by atoms with Crippen LogP contribution in [-0.4, -0.2) is 43.9 Å². The van der Waals surface area contributed by atoms with E-state index in [-0.39, 0.29) is 30.8 Å². The average Bonchev–Trinajstić information content (AvgIpc) is 3.07. The van der Waals surface area contributed by atoms with E-state index in [9.17, 15) is 5.11 Å². The van der Waals surface area contributed by atoms with Crippen LogP contribution in [0.5, 0.6) is 5.88 Å². The minimum absolute atomic E-state index is 0.00938. The highest BCUT2D eigenvalue weighted by Crippen LogP contribution is 2.36. The first-order valence-electron chi connectivity index (χ1n) is 7.53. The molecule has 0 bridgehead atoms. The fraction of sp³-hybridized carbons (Fsp3) is 0.643. The molecule has 0 aromatic carbocycles. The third-order valence-corrected chi connectivity index (χ3v) is 3.78. The summed E-state index contributed by atoms with van der Waals surface area (Å²) in [4.78, 5) is 12.8. The summed E-state index contributed by atoms with van der Waals surface area (Å²) < 4.78 is 13.3. The van der Waals surface area contributed by atoms with Crippen LogP contribution in [0, 0.1) is 5.92 Å². The number of aliphatic hydroxyl groups excluding tert-OH is 1. The van der Waals surface area contributed by atoms with Crippen molar-refractivity contribution >= 4 is 17.1 Å². The van der Waals surface area contributed by atoms with E-state index in [1.54, 1.807) is 6.33 Å². The largest absolute Gasteiger partial charge is 0.476 e. The molecule has 8 heteroatoms. The Morgan fingerprint density at radius 2 is 2.32 bits per heavy atom. The zero-order valence-electron chi connectivity index (χ0n) is 12.8. The molecule has 2 aromatic heterocycles. The van der Waals surface area contributed by atoms with Gasteiger partial charge in [0.2, 0.25) is 11.8 Å². The van der Waals surface area contributed by atoms with Crippen molar-refractivity contribution in [2.75, 3.05) is 18.9 Å². The minimum Gasteiger partial charge on any atom is -0.476 e. The van der Waals surface area contributed by atoms with Crippen molar-refractivity contribution in [2.45, 2.75) is 39.0 Å². The van der Waals surface area contributed by atoms with Crippen LogP contribution in [0.25, 0.3) is 11.2 Å². The first kappa shape index (κ1) is 15.0. The molecule has 0 saturated carbocycles. The lowest BCUT2D eigenvalue weighted by Crippen LogP contribution is -2.15. The predicted molar refractivity (Wildman–Crippen MR) is 80.3 cm³/mol. The van der Waals surface area contributed by atoms with Gasteiger partial charge in [0.1, 0.15) is 6.23 Å². The number of aromatic nitrogens is 4. The standard InChI is InChI=1S/C14H21N5O3/c1-3-4-21-12-10-11(17-14(15)18-12)19(7-16-10)13-8(2)5-9(6-20)22-13/h7-9,13,20H,3-6H2,1-2H3,(H2,15,17,18). The maximum atomic E-state index is 9.28. The lowest BCUT2D eigenvalue weighted by Gasteiger charge is -2.17. The zero-order valence-corrected chi connectivity index (χ0v) is 12.8. The van der Waals surface area contributed by atoms with Crippen molar-refractivity contribution in [3.63, 3.8) is 0 Å². The van der Waals surface area contributed by atoms with Gasteiger partial charge in [0.25, 0.3) is 0 Å². The maximum absolute atomic E-state index is 9.28. The second-order valence-corrected chi connectivity index (χ2v) is 5.60. The van der Waals surface area contributed by atoms with Crippen molar-refractivity contribution in [1.29, 1.82) is 0 Å². The third-order valence-electron chi connectivity index (χ3n) is 3.78. The number of nitrogen functional groups attached to an aromatic ring is 1. The normalized spacial score (nSPS) is 25.0. The Labute approximate surface area is 128 Å². The molecule has 1 saturated heterocycles. The summed E-state index contributed by atoms with van der Waals surface area (Å²) in [5.74, 6) is 0.780. The van der Waals surface area contributed by atoms with Gasteiger partial charge < -0.3 is 20.3 Å². The fourth-order valence-electron chi connectivity index (χ4n) is 2.77. The van der Waals surface area contributed by atoms with E-state index in [2.05, 4.69) is 21.9 Å². The number of rotatable bonds is 5. The molecule has 0 spiro atoms. The molecule has 120 valence electrons. The van der Waals surface area contributed by atoms with Gasteiger partial charge in [-0.05, 0) is 12.8 Å². The quantitative estimate of drug-likeness (QED) is 0.851. The molecule has 0 amide bonds. The van der Waals surface area contributed by atoms with Gasteiger partial charge in [-0.2, -0.15) is 9.97 Å². The van der Waals surface area contributed by atoms with Gasteiger partial charge in [-0.3, -0.25) is 4.57 Å². The number of hydrogen-bond acceptors (Lipinski definition) is 7. The number of nitrogens with two attached hydrogens (primary N) is 1. The van der Waals surface area contributed by atoms with Crippen LogP contribution in [0.2, 0.25) is 0 Å². The number of hydrogen-bond donors (Lipinski definition) is 2. The van der Waals surface area contributed by atoms with E-state index < -0.39 is 0 Å². The van der Waals surface area contributed by atoms with Gasteiger partial charge in [-0.15, -0.1) is 0 Å². The van der Waals surface area contributed by atoms with Crippen LogP contribution in [0.1, 0.15) is 32.9 Å². The van der Waals surface area contributed by atoms with E-state index in [1.165, 1.54) is 0 Å². The van der Waals surface area contributed by atoms with Crippen LogP contribution < -0.4 is 10.5 Å². The molecule has 3 N–H and O–H groups in total. The van der Waals surface area contributed by atoms with Gasteiger partial charge >= 0.3 is 0 Å². The Balaban J connectivity index is 1.99. The summed E-state index contributed by atoms with van der Waals surface area (Å²) in [6.07, 6.45) is 2.94. The number of imidazole rings is 1. The highest BCUT2D eigenvalue weighted by Gasteiger charge is 2.34. The lowest BCUT2D eigenvalue weighted by atomic mass is 10.1. The molecular weight excluding hydrogens is 286 g/mol. The summed E-state index contributed by atoms with van der Waals surface area (Å²) in [6.45, 7) is 4.64. The molecular formula is C14H21N5O3. The molecule has 1 aliphatic heterocycles. The molecule has 1 fully saturated rings. The number of fused-ring (bicyclic) bond motifs is 1. The SMILES string of the molecule is CCCOc1nc(N)nc2c1ncn2C1OC(CO)CC1C. The monoisotopic (exact) mass is 307 g/mol. The number of anilines is 1. The Bertz CT molecular complexity index is 659. The lowest BCUT2D eigenvalue weighted by molar-refractivity contribution is -0.0294. The van der Waals surface area contributed by atoms with E-state index in [0.29, 0.717) is 23.7 Å². The first-order chi connectivity index (χ1) is 10.6. The second-order valence-electron chi connectivity index (χ2n) is 5.60. The van der Waals surface area contributed by atoms with Crippen molar-refractivity contribution < 1.29 is 14.6 Å². The van der Waals surface area contributed by atoms with E-state index in [4.69, 9.17) is 15.2 Å². The van der Waals surface area contributed by atoms with Crippen LogP contribution in [0.15, 0.2) is 6.33 Å². The van der Waals surface area contributed by atoms with Crippen molar-refractivity contribution in [1.82, 2.24) is 19.5 Å². The van der Waals surface area contributed by atoms with Crippen molar-refractivity contribution in [2.24, 2.45) is 5.92 Å². The smallest absolute Gasteiger partial charge is 0.247 e. The Morgan fingerprint density at radius 3 is 3.00 bits per heavy atom. The third kappa shape index (κ3) is 2.59. The van der Waals surface area contributed by atoms with E-state index in [1.807, 2.05) is 11.5 Å². The van der Waals surface area contributed by atoms with Crippen molar-refractivity contribution in [3.05, 3.63) is 6.33 Å².